The number of rotatable bonds is 4. The molecular formula is C15H19ClN4O2. The van der Waals surface area contributed by atoms with E-state index in [0.29, 0.717) is 39.8 Å². The molecule has 0 spiro atoms. The smallest absolute Gasteiger partial charge is 0.228 e. The molecule has 1 aromatic carbocycles. The molecule has 0 radical (unpaired) electrons. The number of nitrogens with zero attached hydrogens (tertiary/aromatic N) is 2. The summed E-state index contributed by atoms with van der Waals surface area (Å²) in [6.45, 7) is 1.05. The van der Waals surface area contributed by atoms with Crippen LogP contribution in [0.5, 0.6) is 5.75 Å². The Morgan fingerprint density at radius 3 is 3.05 bits per heavy atom. The summed E-state index contributed by atoms with van der Waals surface area (Å²) in [5.41, 5.74) is 6.92. The fourth-order valence-corrected chi connectivity index (χ4v) is 2.83. The Hall–Kier alpha value is -1.79. The van der Waals surface area contributed by atoms with E-state index in [1.165, 1.54) is 12.8 Å². The van der Waals surface area contributed by atoms with E-state index in [1.54, 1.807) is 19.2 Å². The van der Waals surface area contributed by atoms with Gasteiger partial charge in [-0.1, -0.05) is 23.2 Å². The minimum absolute atomic E-state index is 0.402. The summed E-state index contributed by atoms with van der Waals surface area (Å²) >= 11 is 6.08. The number of halogens is 1. The Labute approximate surface area is 134 Å². The lowest BCUT2D eigenvalue weighted by molar-refractivity contribution is 0.331. The molecule has 1 aromatic heterocycles. The number of hydrogen-bond donors (Lipinski definition) is 2. The molecule has 0 saturated carbocycles. The number of nitrogens with two attached hydrogens (primary N) is 1. The second-order valence-corrected chi connectivity index (χ2v) is 5.84. The van der Waals surface area contributed by atoms with Gasteiger partial charge < -0.3 is 20.3 Å². The maximum atomic E-state index is 6.08. The van der Waals surface area contributed by atoms with Gasteiger partial charge in [-0.25, -0.2) is 0 Å². The van der Waals surface area contributed by atoms with Gasteiger partial charge in [0.1, 0.15) is 5.75 Å². The third-order valence-electron chi connectivity index (χ3n) is 3.86. The topological polar surface area (TPSA) is 86.2 Å². The zero-order valence-electron chi connectivity index (χ0n) is 12.4. The second kappa shape index (κ2) is 6.54. The molecule has 1 aliphatic rings. The van der Waals surface area contributed by atoms with Gasteiger partial charge in [-0.2, -0.15) is 4.98 Å². The Morgan fingerprint density at radius 2 is 2.32 bits per heavy atom. The molecular weight excluding hydrogens is 304 g/mol. The first-order valence-electron chi connectivity index (χ1n) is 7.36. The van der Waals surface area contributed by atoms with Gasteiger partial charge in [-0.3, -0.25) is 0 Å². The van der Waals surface area contributed by atoms with Crippen LogP contribution < -0.4 is 15.8 Å². The van der Waals surface area contributed by atoms with E-state index in [-0.39, 0.29) is 0 Å². The molecule has 0 amide bonds. The van der Waals surface area contributed by atoms with E-state index < -0.39 is 0 Å². The Balaban J connectivity index is 1.82. The summed E-state index contributed by atoms with van der Waals surface area (Å²) in [4.78, 5) is 4.46. The lowest BCUT2D eigenvalue weighted by Crippen LogP contribution is -2.35. The largest absolute Gasteiger partial charge is 0.496 e. The van der Waals surface area contributed by atoms with Crippen LogP contribution in [0.2, 0.25) is 5.02 Å². The fraction of sp³-hybridized carbons (Fsp3) is 0.467. The van der Waals surface area contributed by atoms with E-state index in [4.69, 9.17) is 26.6 Å². The zero-order chi connectivity index (χ0) is 15.5. The summed E-state index contributed by atoms with van der Waals surface area (Å²) < 4.78 is 10.7. The first-order chi connectivity index (χ1) is 10.7. The molecule has 7 heteroatoms. The minimum atomic E-state index is 0.402. The lowest BCUT2D eigenvalue weighted by Gasteiger charge is -2.21. The Bertz CT molecular complexity index is 653. The maximum absolute atomic E-state index is 6.08. The van der Waals surface area contributed by atoms with E-state index in [9.17, 15) is 0 Å². The standard InChI is InChI=1S/C15H19ClN4O2/c1-21-13-8-12(17)11(16)7-10(13)15-19-14(22-20-15)6-9-4-2-3-5-18-9/h7-9,18H,2-6,17H2,1H3/t9-/m0/s1. The molecule has 6 nitrogen and oxygen atoms in total. The predicted octanol–water partition coefficient (Wildman–Crippen LogP) is 2.67. The van der Waals surface area contributed by atoms with Gasteiger partial charge in [-0.05, 0) is 25.5 Å². The molecule has 1 saturated heterocycles. The second-order valence-electron chi connectivity index (χ2n) is 5.44. The third kappa shape index (κ3) is 3.18. The van der Waals surface area contributed by atoms with E-state index in [1.807, 2.05) is 0 Å². The van der Waals surface area contributed by atoms with Crippen LogP contribution in [0.3, 0.4) is 0 Å². The number of hydrogen-bond acceptors (Lipinski definition) is 6. The van der Waals surface area contributed by atoms with E-state index in [0.717, 1.165) is 19.4 Å². The highest BCUT2D eigenvalue weighted by atomic mass is 35.5. The number of methoxy groups -OCH3 is 1. The van der Waals surface area contributed by atoms with Crippen LogP contribution in [-0.2, 0) is 6.42 Å². The third-order valence-corrected chi connectivity index (χ3v) is 4.19. The predicted molar refractivity (Wildman–Crippen MR) is 85.1 cm³/mol. The molecule has 0 bridgehead atoms. The van der Waals surface area contributed by atoms with Crippen molar-refractivity contribution in [2.45, 2.75) is 31.7 Å². The van der Waals surface area contributed by atoms with Crippen LogP contribution in [0.4, 0.5) is 5.69 Å². The summed E-state index contributed by atoms with van der Waals surface area (Å²) in [6, 6.07) is 3.76. The number of anilines is 1. The van der Waals surface area contributed by atoms with E-state index in [2.05, 4.69) is 15.5 Å². The molecule has 0 unspecified atom stereocenters. The normalized spacial score (nSPS) is 18.4. The molecule has 2 heterocycles. The Morgan fingerprint density at radius 1 is 1.45 bits per heavy atom. The van der Waals surface area contributed by atoms with Crippen LogP contribution in [0.1, 0.15) is 25.2 Å². The monoisotopic (exact) mass is 322 g/mol. The van der Waals surface area contributed by atoms with Crippen molar-refractivity contribution in [3.8, 4) is 17.1 Å². The number of benzene rings is 1. The average molecular weight is 323 g/mol. The molecule has 3 rings (SSSR count). The summed E-state index contributed by atoms with van der Waals surface area (Å²) in [5, 5.41) is 7.94. The number of nitrogens with one attached hydrogen (secondary N) is 1. The van der Waals surface area contributed by atoms with Crippen molar-refractivity contribution in [2.75, 3.05) is 19.4 Å². The highest BCUT2D eigenvalue weighted by Crippen LogP contribution is 2.34. The van der Waals surface area contributed by atoms with Crippen molar-refractivity contribution in [3.63, 3.8) is 0 Å². The molecule has 1 atom stereocenters. The molecule has 1 fully saturated rings. The van der Waals surface area contributed by atoms with Gasteiger partial charge in [0.2, 0.25) is 11.7 Å². The molecule has 118 valence electrons. The minimum Gasteiger partial charge on any atom is -0.496 e. The van der Waals surface area contributed by atoms with Crippen LogP contribution in [0.25, 0.3) is 11.4 Å². The van der Waals surface area contributed by atoms with Crippen molar-refractivity contribution >= 4 is 17.3 Å². The summed E-state index contributed by atoms with van der Waals surface area (Å²) in [7, 11) is 1.57. The van der Waals surface area contributed by atoms with Crippen molar-refractivity contribution in [1.82, 2.24) is 15.5 Å². The van der Waals surface area contributed by atoms with Crippen LogP contribution >= 0.6 is 11.6 Å². The molecule has 3 N–H and O–H groups in total. The first-order valence-corrected chi connectivity index (χ1v) is 7.74. The highest BCUT2D eigenvalue weighted by Gasteiger charge is 2.19. The quantitative estimate of drug-likeness (QED) is 0.842. The highest BCUT2D eigenvalue weighted by molar-refractivity contribution is 6.33. The number of aromatic nitrogens is 2. The van der Waals surface area contributed by atoms with Crippen molar-refractivity contribution in [1.29, 1.82) is 0 Å². The number of piperidine rings is 1. The number of ether oxygens (including phenoxy) is 1. The summed E-state index contributed by atoms with van der Waals surface area (Å²) in [6.07, 6.45) is 4.33. The van der Waals surface area contributed by atoms with Crippen molar-refractivity contribution in [3.05, 3.63) is 23.0 Å². The van der Waals surface area contributed by atoms with Gasteiger partial charge in [0, 0.05) is 18.5 Å². The molecule has 0 aliphatic carbocycles. The van der Waals surface area contributed by atoms with Crippen molar-refractivity contribution in [2.24, 2.45) is 0 Å². The molecule has 2 aromatic rings. The first kappa shape index (κ1) is 15.1. The van der Waals surface area contributed by atoms with E-state index >= 15 is 0 Å². The summed E-state index contributed by atoms with van der Waals surface area (Å²) in [5.74, 6) is 1.65. The van der Waals surface area contributed by atoms with Crippen LogP contribution in [0.15, 0.2) is 16.7 Å². The van der Waals surface area contributed by atoms with Gasteiger partial charge in [0.15, 0.2) is 0 Å². The SMILES string of the molecule is COc1cc(N)c(Cl)cc1-c1noc(C[C@@H]2CCCCN2)n1. The average Bonchev–Trinajstić information content (AvgIpc) is 2.99. The van der Waals surface area contributed by atoms with Crippen molar-refractivity contribution < 1.29 is 9.26 Å². The fourth-order valence-electron chi connectivity index (χ4n) is 2.67. The van der Waals surface area contributed by atoms with Gasteiger partial charge >= 0.3 is 0 Å². The van der Waals surface area contributed by atoms with Crippen LogP contribution in [0, 0.1) is 0 Å². The van der Waals surface area contributed by atoms with Crippen LogP contribution in [-0.4, -0.2) is 29.8 Å². The van der Waals surface area contributed by atoms with Gasteiger partial charge in [0.25, 0.3) is 0 Å². The Kier molecular flexibility index (Phi) is 4.49. The molecule has 22 heavy (non-hydrogen) atoms. The van der Waals surface area contributed by atoms with Gasteiger partial charge in [-0.15, -0.1) is 0 Å². The number of nitrogen functional groups attached to an aromatic ring is 1. The zero-order valence-corrected chi connectivity index (χ0v) is 13.2. The van der Waals surface area contributed by atoms with Gasteiger partial charge in [0.05, 0.1) is 23.4 Å². The molecule has 1 aliphatic heterocycles. The maximum Gasteiger partial charge on any atom is 0.228 e. The lowest BCUT2D eigenvalue weighted by atomic mass is 10.0.